The van der Waals surface area contributed by atoms with Gasteiger partial charge in [0.05, 0.1) is 23.9 Å². The summed E-state index contributed by atoms with van der Waals surface area (Å²) < 4.78 is 7.93. The van der Waals surface area contributed by atoms with E-state index in [0.29, 0.717) is 5.69 Å². The van der Waals surface area contributed by atoms with E-state index in [1.807, 2.05) is 24.3 Å². The number of fused-ring (bicyclic) bond motifs is 7. The molecule has 40 heavy (non-hydrogen) atoms. The van der Waals surface area contributed by atoms with E-state index in [1.165, 1.54) is 38.9 Å². The first-order valence-electron chi connectivity index (χ1n) is 13.6. The number of benzene rings is 5. The minimum absolute atomic E-state index is 0.00992. The van der Waals surface area contributed by atoms with Crippen LogP contribution in [0.5, 0.6) is 0 Å². The van der Waals surface area contributed by atoms with E-state index >= 15 is 0 Å². The second-order valence-corrected chi connectivity index (χ2v) is 11.4. The van der Waals surface area contributed by atoms with Crippen LogP contribution in [0.1, 0.15) is 30.5 Å². The molecule has 3 nitrogen and oxygen atoms in total. The zero-order valence-electron chi connectivity index (χ0n) is 22.6. The Morgan fingerprint density at radius 1 is 0.750 bits per heavy atom. The Labute approximate surface area is 232 Å². The maximum absolute atomic E-state index is 7.66. The summed E-state index contributed by atoms with van der Waals surface area (Å²) in [6.07, 6.45) is 1.73. The van der Waals surface area contributed by atoms with E-state index in [9.17, 15) is 0 Å². The Morgan fingerprint density at radius 3 is 2.48 bits per heavy atom. The second-order valence-electron chi connectivity index (χ2n) is 11.4. The molecule has 0 radical (unpaired) electrons. The number of rotatable bonds is 2. The van der Waals surface area contributed by atoms with Gasteiger partial charge in [0.15, 0.2) is 5.69 Å². The van der Waals surface area contributed by atoms with Crippen LogP contribution in [0.15, 0.2) is 108 Å². The predicted molar refractivity (Wildman–Crippen MR) is 165 cm³/mol. The third kappa shape index (κ3) is 3.05. The van der Waals surface area contributed by atoms with Gasteiger partial charge in [-0.1, -0.05) is 56.3 Å². The zero-order valence-corrected chi connectivity index (χ0v) is 22.6. The Bertz CT molecular complexity index is 2220. The molecule has 0 spiro atoms. The van der Waals surface area contributed by atoms with Gasteiger partial charge in [-0.15, -0.1) is 0 Å². The predicted octanol–water partition coefficient (Wildman–Crippen LogP) is 10.4. The first kappa shape index (κ1) is 22.9. The van der Waals surface area contributed by atoms with Gasteiger partial charge in [0, 0.05) is 21.9 Å². The summed E-state index contributed by atoms with van der Waals surface area (Å²) in [5, 5.41) is 3.32. The Morgan fingerprint density at radius 2 is 1.60 bits per heavy atom. The molecule has 0 N–H and O–H groups in total. The number of hydrogen-bond donors (Lipinski definition) is 0. The Kier molecular flexibility index (Phi) is 4.56. The zero-order chi connectivity index (χ0) is 27.2. The van der Waals surface area contributed by atoms with Crippen LogP contribution in [0.25, 0.3) is 65.6 Å². The molecular formula is C37H26N2O. The Balaban J connectivity index is 1.39. The third-order valence-corrected chi connectivity index (χ3v) is 8.78. The highest BCUT2D eigenvalue weighted by Crippen LogP contribution is 2.50. The summed E-state index contributed by atoms with van der Waals surface area (Å²) in [5.74, 6) is 0. The highest BCUT2D eigenvalue weighted by Gasteiger charge is 2.35. The van der Waals surface area contributed by atoms with Crippen molar-refractivity contribution in [1.29, 1.82) is 0 Å². The van der Waals surface area contributed by atoms with E-state index in [4.69, 9.17) is 11.0 Å². The van der Waals surface area contributed by atoms with Gasteiger partial charge >= 0.3 is 0 Å². The standard InChI is InChI=1S/C37H26N2O/c1-22-17-25(23-9-12-33-29(19-23)28-7-5-6-8-32(28)37(33,2)3)20-31-30-21-26(38-4)10-13-34(30)39(36(22)31)27-11-14-35-24(18-27)15-16-40-35/h5-21H,1-3H3. The molecule has 0 saturated carbocycles. The van der Waals surface area contributed by atoms with E-state index in [0.717, 1.165) is 38.5 Å². The van der Waals surface area contributed by atoms with Crippen molar-refractivity contribution >= 4 is 38.5 Å². The topological polar surface area (TPSA) is 22.4 Å². The van der Waals surface area contributed by atoms with Crippen molar-refractivity contribution in [1.82, 2.24) is 4.57 Å². The minimum Gasteiger partial charge on any atom is -0.464 e. The summed E-state index contributed by atoms with van der Waals surface area (Å²) in [4.78, 5) is 3.75. The van der Waals surface area contributed by atoms with Gasteiger partial charge in [-0.05, 0) is 106 Å². The lowest BCUT2D eigenvalue weighted by Gasteiger charge is -2.21. The molecule has 0 atom stereocenters. The molecule has 8 rings (SSSR count). The van der Waals surface area contributed by atoms with Crippen LogP contribution < -0.4 is 0 Å². The van der Waals surface area contributed by atoms with E-state index < -0.39 is 0 Å². The average Bonchev–Trinajstić information content (AvgIpc) is 3.64. The molecule has 3 heteroatoms. The molecule has 0 unspecified atom stereocenters. The number of hydrogen-bond acceptors (Lipinski definition) is 1. The maximum Gasteiger partial charge on any atom is 0.188 e. The molecular weight excluding hydrogens is 488 g/mol. The molecule has 2 heterocycles. The van der Waals surface area contributed by atoms with Crippen molar-refractivity contribution in [3.8, 4) is 27.9 Å². The summed E-state index contributed by atoms with van der Waals surface area (Å²) in [5.41, 5.74) is 13.9. The first-order chi connectivity index (χ1) is 19.4. The van der Waals surface area contributed by atoms with Crippen LogP contribution >= 0.6 is 0 Å². The van der Waals surface area contributed by atoms with Gasteiger partial charge in [0.25, 0.3) is 0 Å². The summed E-state index contributed by atoms with van der Waals surface area (Å²) in [6, 6.07) is 34.7. The molecule has 0 fully saturated rings. The van der Waals surface area contributed by atoms with Crippen LogP contribution in [0.3, 0.4) is 0 Å². The minimum atomic E-state index is -0.00992. The molecule has 1 aliphatic carbocycles. The molecule has 2 aromatic heterocycles. The summed E-state index contributed by atoms with van der Waals surface area (Å²) in [6.45, 7) is 14.5. The van der Waals surface area contributed by atoms with Crippen molar-refractivity contribution in [2.24, 2.45) is 0 Å². The normalized spacial score (nSPS) is 13.6. The number of aryl methyl sites for hydroxylation is 1. The van der Waals surface area contributed by atoms with Crippen molar-refractivity contribution in [2.45, 2.75) is 26.2 Å². The van der Waals surface area contributed by atoms with Crippen LogP contribution in [-0.4, -0.2) is 4.57 Å². The van der Waals surface area contributed by atoms with Crippen molar-refractivity contribution in [3.63, 3.8) is 0 Å². The lowest BCUT2D eigenvalue weighted by Crippen LogP contribution is -2.14. The van der Waals surface area contributed by atoms with Crippen molar-refractivity contribution < 1.29 is 4.42 Å². The third-order valence-electron chi connectivity index (χ3n) is 8.78. The number of furan rings is 1. The van der Waals surface area contributed by atoms with Gasteiger partial charge in [-0.2, -0.15) is 0 Å². The van der Waals surface area contributed by atoms with Gasteiger partial charge in [-0.25, -0.2) is 4.85 Å². The van der Waals surface area contributed by atoms with Crippen molar-refractivity contribution in [3.05, 3.63) is 131 Å². The van der Waals surface area contributed by atoms with Gasteiger partial charge in [0.2, 0.25) is 0 Å². The quantitative estimate of drug-likeness (QED) is 0.210. The smallest absolute Gasteiger partial charge is 0.188 e. The Hall–Kier alpha value is -5.07. The highest BCUT2D eigenvalue weighted by molar-refractivity contribution is 6.12. The molecule has 5 aromatic carbocycles. The lowest BCUT2D eigenvalue weighted by molar-refractivity contribution is 0.616. The molecule has 0 bridgehead atoms. The molecule has 0 amide bonds. The monoisotopic (exact) mass is 514 g/mol. The fraction of sp³-hybridized carbons (Fsp3) is 0.108. The lowest BCUT2D eigenvalue weighted by atomic mass is 9.82. The summed E-state index contributed by atoms with van der Waals surface area (Å²) in [7, 11) is 0. The van der Waals surface area contributed by atoms with Crippen LogP contribution in [-0.2, 0) is 5.41 Å². The highest BCUT2D eigenvalue weighted by atomic mass is 16.3. The SMILES string of the molecule is [C-]#[N+]c1ccc2c(c1)c1cc(-c3ccc4c(c3)-c3ccccc3C4(C)C)cc(C)c1n2-c1ccc2occc2c1. The van der Waals surface area contributed by atoms with E-state index in [1.54, 1.807) is 6.26 Å². The summed E-state index contributed by atoms with van der Waals surface area (Å²) >= 11 is 0. The number of nitrogens with zero attached hydrogens (tertiary/aromatic N) is 2. The average molecular weight is 515 g/mol. The largest absolute Gasteiger partial charge is 0.464 e. The molecule has 1 aliphatic rings. The van der Waals surface area contributed by atoms with E-state index in [-0.39, 0.29) is 5.41 Å². The first-order valence-corrected chi connectivity index (χ1v) is 13.6. The van der Waals surface area contributed by atoms with Gasteiger partial charge in [0.1, 0.15) is 5.58 Å². The maximum atomic E-state index is 7.66. The van der Waals surface area contributed by atoms with E-state index in [2.05, 4.69) is 103 Å². The van der Waals surface area contributed by atoms with Crippen LogP contribution in [0, 0.1) is 13.5 Å². The molecule has 0 aliphatic heterocycles. The fourth-order valence-corrected chi connectivity index (χ4v) is 6.83. The molecule has 190 valence electrons. The molecule has 7 aromatic rings. The molecule has 0 saturated heterocycles. The van der Waals surface area contributed by atoms with Gasteiger partial charge in [-0.3, -0.25) is 0 Å². The van der Waals surface area contributed by atoms with Gasteiger partial charge < -0.3 is 8.98 Å². The second kappa shape index (κ2) is 7.97. The van der Waals surface area contributed by atoms with Crippen molar-refractivity contribution in [2.75, 3.05) is 0 Å². The number of aromatic nitrogens is 1. The van der Waals surface area contributed by atoms with Crippen LogP contribution in [0.4, 0.5) is 5.69 Å². The fourth-order valence-electron chi connectivity index (χ4n) is 6.83. The van der Waals surface area contributed by atoms with Crippen LogP contribution in [0.2, 0.25) is 0 Å².